The van der Waals surface area contributed by atoms with Crippen LogP contribution in [0.5, 0.6) is 5.75 Å². The third-order valence-electron chi connectivity index (χ3n) is 2.59. The van der Waals surface area contributed by atoms with Crippen molar-refractivity contribution >= 4 is 17.0 Å². The second-order valence-corrected chi connectivity index (χ2v) is 4.76. The minimum absolute atomic E-state index is 0.446. The van der Waals surface area contributed by atoms with Gasteiger partial charge in [-0.3, -0.25) is 0 Å². The van der Waals surface area contributed by atoms with E-state index in [-0.39, 0.29) is 0 Å². The molecule has 1 aromatic heterocycles. The molecule has 4 nitrogen and oxygen atoms in total. The van der Waals surface area contributed by atoms with Gasteiger partial charge in [0.1, 0.15) is 11.8 Å². The van der Waals surface area contributed by atoms with E-state index in [0.29, 0.717) is 23.6 Å². The van der Waals surface area contributed by atoms with E-state index in [0.717, 1.165) is 12.1 Å². The molecule has 0 radical (unpaired) electrons. The summed E-state index contributed by atoms with van der Waals surface area (Å²) >= 11 is 1.63. The lowest BCUT2D eigenvalue weighted by Gasteiger charge is -2.06. The molecule has 18 heavy (non-hydrogen) atoms. The van der Waals surface area contributed by atoms with E-state index in [2.05, 4.69) is 4.98 Å². The zero-order valence-electron chi connectivity index (χ0n) is 10.0. The van der Waals surface area contributed by atoms with E-state index in [1.54, 1.807) is 29.5 Å². The number of hydrogen-bond acceptors (Lipinski definition) is 5. The molecular weight excluding hydrogens is 246 g/mol. The number of thiazole rings is 1. The number of nitrogen functional groups attached to an aromatic ring is 1. The number of hydrogen-bond donors (Lipinski definition) is 1. The Hall–Kier alpha value is -2.06. The van der Waals surface area contributed by atoms with Gasteiger partial charge in [-0.15, -0.1) is 11.3 Å². The summed E-state index contributed by atoms with van der Waals surface area (Å²) in [5.74, 6) is 0.669. The Morgan fingerprint density at radius 1 is 1.50 bits per heavy atom. The highest BCUT2D eigenvalue weighted by molar-refractivity contribution is 7.09. The first-order chi connectivity index (χ1) is 8.70. The smallest absolute Gasteiger partial charge is 0.120 e. The van der Waals surface area contributed by atoms with Gasteiger partial charge < -0.3 is 10.5 Å². The molecule has 0 unspecified atom stereocenters. The summed E-state index contributed by atoms with van der Waals surface area (Å²) in [6.07, 6.45) is 0.822. The Balaban J connectivity index is 1.95. The molecule has 0 atom stereocenters. The lowest BCUT2D eigenvalue weighted by Crippen LogP contribution is -2.02. The van der Waals surface area contributed by atoms with Crippen molar-refractivity contribution in [3.8, 4) is 11.8 Å². The maximum absolute atomic E-state index is 8.86. The van der Waals surface area contributed by atoms with E-state index >= 15 is 0 Å². The van der Waals surface area contributed by atoms with Crippen molar-refractivity contribution in [1.29, 1.82) is 5.26 Å². The van der Waals surface area contributed by atoms with Crippen molar-refractivity contribution in [3.05, 3.63) is 39.8 Å². The number of ether oxygens (including phenoxy) is 1. The van der Waals surface area contributed by atoms with Crippen molar-refractivity contribution in [2.45, 2.75) is 13.3 Å². The predicted octanol–water partition coefficient (Wildman–Crippen LogP) is 2.53. The average Bonchev–Trinajstić information content (AvgIpc) is 2.77. The number of benzene rings is 1. The summed E-state index contributed by atoms with van der Waals surface area (Å²) in [6.45, 7) is 2.56. The number of nitrogens with zero attached hydrogens (tertiary/aromatic N) is 2. The maximum Gasteiger partial charge on any atom is 0.120 e. The van der Waals surface area contributed by atoms with Gasteiger partial charge in [0, 0.05) is 17.0 Å². The first kappa shape index (κ1) is 12.4. The normalized spacial score (nSPS) is 10.0. The average molecular weight is 259 g/mol. The highest BCUT2D eigenvalue weighted by Crippen LogP contribution is 2.19. The van der Waals surface area contributed by atoms with E-state index in [4.69, 9.17) is 15.7 Å². The molecule has 0 amide bonds. The highest BCUT2D eigenvalue weighted by Gasteiger charge is 2.03. The lowest BCUT2D eigenvalue weighted by atomic mass is 10.2. The fourth-order valence-electron chi connectivity index (χ4n) is 1.55. The van der Waals surface area contributed by atoms with Crippen LogP contribution in [0.1, 0.15) is 16.1 Å². The minimum Gasteiger partial charge on any atom is -0.493 e. The van der Waals surface area contributed by atoms with Crippen molar-refractivity contribution in [2.75, 3.05) is 12.3 Å². The molecule has 0 aliphatic heterocycles. The molecule has 0 aliphatic rings. The Bertz CT molecular complexity index is 586. The standard InChI is InChI=1S/C13H13N3OS/c1-9-13(18-8-16-9)4-5-17-11-2-3-12(15)10(6-11)7-14/h2-3,6,8H,4-5,15H2,1H3. The quantitative estimate of drug-likeness (QED) is 0.856. The van der Waals surface area contributed by atoms with Gasteiger partial charge in [-0.1, -0.05) is 0 Å². The molecule has 5 heteroatoms. The molecule has 1 heterocycles. The second-order valence-electron chi connectivity index (χ2n) is 3.82. The molecule has 1 aromatic carbocycles. The molecule has 0 saturated carbocycles. The Kier molecular flexibility index (Phi) is 3.80. The number of anilines is 1. The van der Waals surface area contributed by atoms with Crippen LogP contribution in [0.15, 0.2) is 23.7 Å². The topological polar surface area (TPSA) is 71.9 Å². The Morgan fingerprint density at radius 3 is 3.00 bits per heavy atom. The summed E-state index contributed by atoms with van der Waals surface area (Å²) in [6, 6.07) is 7.16. The molecule has 0 aliphatic carbocycles. The van der Waals surface area contributed by atoms with Crippen LogP contribution in [0.3, 0.4) is 0 Å². The van der Waals surface area contributed by atoms with Gasteiger partial charge >= 0.3 is 0 Å². The number of nitrogens with two attached hydrogens (primary N) is 1. The van der Waals surface area contributed by atoms with Crippen LogP contribution in [0, 0.1) is 18.3 Å². The molecule has 92 valence electrons. The van der Waals surface area contributed by atoms with Crippen LogP contribution in [0.4, 0.5) is 5.69 Å². The first-order valence-corrected chi connectivity index (χ1v) is 6.40. The third kappa shape index (κ3) is 2.79. The Labute approximate surface area is 110 Å². The predicted molar refractivity (Wildman–Crippen MR) is 71.6 cm³/mol. The molecule has 0 spiro atoms. The molecular formula is C13H13N3OS. The molecule has 2 aromatic rings. The number of aryl methyl sites for hydroxylation is 1. The van der Waals surface area contributed by atoms with Gasteiger partial charge in [0.15, 0.2) is 0 Å². The summed E-state index contributed by atoms with van der Waals surface area (Å²) in [5, 5.41) is 8.86. The Morgan fingerprint density at radius 2 is 2.33 bits per heavy atom. The van der Waals surface area contributed by atoms with Crippen LogP contribution < -0.4 is 10.5 Å². The van der Waals surface area contributed by atoms with Crippen LogP contribution >= 0.6 is 11.3 Å². The number of aromatic nitrogens is 1. The van der Waals surface area contributed by atoms with Gasteiger partial charge in [-0.05, 0) is 25.1 Å². The monoisotopic (exact) mass is 259 g/mol. The van der Waals surface area contributed by atoms with Crippen molar-refractivity contribution in [2.24, 2.45) is 0 Å². The molecule has 0 bridgehead atoms. The van der Waals surface area contributed by atoms with Gasteiger partial charge in [0.2, 0.25) is 0 Å². The fraction of sp³-hybridized carbons (Fsp3) is 0.231. The minimum atomic E-state index is 0.446. The van der Waals surface area contributed by atoms with Gasteiger partial charge in [0.05, 0.1) is 23.4 Å². The molecule has 0 fully saturated rings. The number of rotatable bonds is 4. The van der Waals surface area contributed by atoms with E-state index in [1.807, 2.05) is 18.5 Å². The summed E-state index contributed by atoms with van der Waals surface area (Å²) in [7, 11) is 0. The van der Waals surface area contributed by atoms with Crippen molar-refractivity contribution < 1.29 is 4.74 Å². The van der Waals surface area contributed by atoms with Gasteiger partial charge in [-0.25, -0.2) is 4.98 Å². The lowest BCUT2D eigenvalue weighted by molar-refractivity contribution is 0.322. The number of nitriles is 1. The zero-order chi connectivity index (χ0) is 13.0. The SMILES string of the molecule is Cc1ncsc1CCOc1ccc(N)c(C#N)c1. The largest absolute Gasteiger partial charge is 0.493 e. The molecule has 2 N–H and O–H groups in total. The van der Waals surface area contributed by atoms with Gasteiger partial charge in [-0.2, -0.15) is 5.26 Å². The third-order valence-corrected chi connectivity index (χ3v) is 3.58. The fourth-order valence-corrected chi connectivity index (χ4v) is 2.31. The van der Waals surface area contributed by atoms with Crippen LogP contribution in [0.25, 0.3) is 0 Å². The first-order valence-electron chi connectivity index (χ1n) is 5.52. The van der Waals surface area contributed by atoms with Crippen molar-refractivity contribution in [3.63, 3.8) is 0 Å². The van der Waals surface area contributed by atoms with Crippen LogP contribution in [-0.2, 0) is 6.42 Å². The molecule has 0 saturated heterocycles. The van der Waals surface area contributed by atoms with Crippen LogP contribution in [0.2, 0.25) is 0 Å². The molecule has 2 rings (SSSR count). The highest BCUT2D eigenvalue weighted by atomic mass is 32.1. The van der Waals surface area contributed by atoms with Crippen molar-refractivity contribution in [1.82, 2.24) is 4.98 Å². The van der Waals surface area contributed by atoms with E-state index < -0.39 is 0 Å². The second kappa shape index (κ2) is 5.52. The maximum atomic E-state index is 8.86. The van der Waals surface area contributed by atoms with E-state index in [9.17, 15) is 0 Å². The summed E-state index contributed by atoms with van der Waals surface area (Å²) < 4.78 is 5.60. The van der Waals surface area contributed by atoms with Gasteiger partial charge in [0.25, 0.3) is 0 Å². The summed E-state index contributed by atoms with van der Waals surface area (Å²) in [4.78, 5) is 5.41. The van der Waals surface area contributed by atoms with E-state index in [1.165, 1.54) is 4.88 Å². The summed E-state index contributed by atoms with van der Waals surface area (Å²) in [5.41, 5.74) is 9.45. The zero-order valence-corrected chi connectivity index (χ0v) is 10.8. The van der Waals surface area contributed by atoms with Crippen LogP contribution in [-0.4, -0.2) is 11.6 Å².